The first kappa shape index (κ1) is 21.7. The molecule has 160 valence electrons. The maximum Gasteiger partial charge on any atom is 0.148 e. The number of hydrogen-bond donors (Lipinski definition) is 0. The Balaban J connectivity index is 1.47. The highest BCUT2D eigenvalue weighted by atomic mass is 32.2. The van der Waals surface area contributed by atoms with Gasteiger partial charge in [-0.1, -0.05) is 5.92 Å². The van der Waals surface area contributed by atoms with Crippen LogP contribution in [-0.4, -0.2) is 38.9 Å². The number of ketones is 2. The molecule has 1 saturated heterocycles. The molecule has 1 aliphatic carbocycles. The molecule has 4 rings (SSSR count). The second-order valence-corrected chi connectivity index (χ2v) is 9.80. The molecule has 0 bridgehead atoms. The molecule has 2 aromatic rings. The van der Waals surface area contributed by atoms with E-state index < -0.39 is 5.92 Å². The van der Waals surface area contributed by atoms with Crippen molar-refractivity contribution in [3.05, 3.63) is 53.0 Å². The Morgan fingerprint density at radius 2 is 1.71 bits per heavy atom. The molecule has 0 unspecified atom stereocenters. The summed E-state index contributed by atoms with van der Waals surface area (Å²) < 4.78 is 2.26. The lowest BCUT2D eigenvalue weighted by molar-refractivity contribution is -0.137. The minimum atomic E-state index is -0.624. The Morgan fingerprint density at radius 1 is 1.06 bits per heavy atom. The van der Waals surface area contributed by atoms with Crippen LogP contribution in [0.15, 0.2) is 35.7 Å². The van der Waals surface area contributed by atoms with Gasteiger partial charge in [0.2, 0.25) is 0 Å². The minimum absolute atomic E-state index is 0.0757. The molecular weight excluding hydrogens is 406 g/mol. The second-order valence-electron chi connectivity index (χ2n) is 8.68. The molecule has 1 aromatic heterocycles. The molecule has 2 aliphatic rings. The minimum Gasteiger partial charge on any atom is -0.299 e. The van der Waals surface area contributed by atoms with Gasteiger partial charge < -0.3 is 0 Å². The Labute approximate surface area is 188 Å². The van der Waals surface area contributed by atoms with Crippen molar-refractivity contribution in [2.24, 2.45) is 5.41 Å². The third-order valence-corrected chi connectivity index (χ3v) is 7.46. The summed E-state index contributed by atoms with van der Waals surface area (Å²) in [5.41, 5.74) is 3.59. The Kier molecular flexibility index (Phi) is 6.27. The van der Waals surface area contributed by atoms with Crippen molar-refractivity contribution in [2.45, 2.75) is 57.4 Å². The van der Waals surface area contributed by atoms with E-state index in [1.54, 1.807) is 30.5 Å². The quantitative estimate of drug-likeness (QED) is 0.409. The number of aryl methyl sites for hydroxylation is 2. The first-order valence-corrected chi connectivity index (χ1v) is 11.5. The molecule has 1 saturated carbocycles. The topological polar surface area (TPSA) is 63.2 Å². The average molecular weight is 434 g/mol. The highest BCUT2D eigenvalue weighted by Crippen LogP contribution is 2.47. The van der Waals surface area contributed by atoms with Crippen LogP contribution >= 0.6 is 11.9 Å². The lowest BCUT2D eigenvalue weighted by Crippen LogP contribution is -2.45. The third-order valence-electron chi connectivity index (χ3n) is 6.44. The van der Waals surface area contributed by atoms with Gasteiger partial charge in [-0.15, -0.1) is 5.92 Å². The molecule has 2 heterocycles. The molecule has 5 nitrogen and oxygen atoms in total. The normalized spacial score (nSPS) is 19.3. The highest BCUT2D eigenvalue weighted by molar-refractivity contribution is 7.97. The summed E-state index contributed by atoms with van der Waals surface area (Å²) in [4.78, 5) is 35.0. The summed E-state index contributed by atoms with van der Waals surface area (Å²) in [6.45, 7) is 7.46. The van der Waals surface area contributed by atoms with Gasteiger partial charge in [0.15, 0.2) is 0 Å². The number of rotatable bonds is 3. The van der Waals surface area contributed by atoms with Crippen LogP contribution in [0.3, 0.4) is 0 Å². The van der Waals surface area contributed by atoms with Crippen LogP contribution in [0, 0.1) is 31.1 Å². The molecular formula is C25H27N3O2S. The number of aromatic nitrogens is 2. The van der Waals surface area contributed by atoms with E-state index in [0.717, 1.165) is 53.2 Å². The molecule has 1 aliphatic heterocycles. The fourth-order valence-electron chi connectivity index (χ4n) is 5.02. The Morgan fingerprint density at radius 3 is 2.26 bits per heavy atom. The predicted molar refractivity (Wildman–Crippen MR) is 122 cm³/mol. The smallest absolute Gasteiger partial charge is 0.148 e. The number of nitrogens with zero attached hydrogens (tertiary/aromatic N) is 3. The van der Waals surface area contributed by atoms with Crippen molar-refractivity contribution < 1.29 is 9.59 Å². The second kappa shape index (κ2) is 8.94. The van der Waals surface area contributed by atoms with Crippen LogP contribution in [0.4, 0.5) is 0 Å². The van der Waals surface area contributed by atoms with Gasteiger partial charge in [0.1, 0.15) is 22.5 Å². The van der Waals surface area contributed by atoms with Crippen molar-refractivity contribution in [3.8, 4) is 11.8 Å². The van der Waals surface area contributed by atoms with E-state index in [2.05, 4.69) is 26.1 Å². The molecule has 0 amide bonds. The zero-order chi connectivity index (χ0) is 22.0. The van der Waals surface area contributed by atoms with Crippen molar-refractivity contribution in [1.29, 1.82) is 0 Å². The van der Waals surface area contributed by atoms with Gasteiger partial charge >= 0.3 is 0 Å². The van der Waals surface area contributed by atoms with E-state index in [1.165, 1.54) is 0 Å². The van der Waals surface area contributed by atoms with Gasteiger partial charge in [-0.2, -0.15) is 0 Å². The lowest BCUT2D eigenvalue weighted by atomic mass is 9.63. The van der Waals surface area contributed by atoms with Gasteiger partial charge in [-0.3, -0.25) is 14.6 Å². The summed E-state index contributed by atoms with van der Waals surface area (Å²) in [6, 6.07) is 3.98. The largest absolute Gasteiger partial charge is 0.299 e. The predicted octanol–water partition coefficient (Wildman–Crippen LogP) is 4.27. The van der Waals surface area contributed by atoms with Crippen molar-refractivity contribution in [1.82, 2.24) is 14.3 Å². The van der Waals surface area contributed by atoms with E-state index in [0.29, 0.717) is 12.8 Å². The van der Waals surface area contributed by atoms with E-state index in [4.69, 9.17) is 0 Å². The van der Waals surface area contributed by atoms with E-state index >= 15 is 0 Å². The van der Waals surface area contributed by atoms with E-state index in [9.17, 15) is 9.59 Å². The third kappa shape index (κ3) is 4.58. The number of benzene rings is 1. The Bertz CT molecular complexity index is 1020. The standard InChI is InChI=1S/C25H27N3O2S/c1-4-5-19-12-17(2)23(18(3)13-19)24-20(29)14-25(15-21(24)30)6-10-28(11-7-25)31-22-16-26-8-9-27-22/h8-9,12-13,16,24H,6-7,10-11,14-15H2,1-3H3. The summed E-state index contributed by atoms with van der Waals surface area (Å²) in [6.07, 6.45) is 7.80. The van der Waals surface area contributed by atoms with Gasteiger partial charge in [-0.05, 0) is 79.8 Å². The maximum atomic E-state index is 13.3. The van der Waals surface area contributed by atoms with Crippen LogP contribution in [0.1, 0.15) is 60.8 Å². The lowest BCUT2D eigenvalue weighted by Gasteiger charge is -2.44. The van der Waals surface area contributed by atoms with Gasteiger partial charge in [0.05, 0.1) is 6.20 Å². The van der Waals surface area contributed by atoms with Crippen LogP contribution in [0.2, 0.25) is 0 Å². The van der Waals surface area contributed by atoms with Gasteiger partial charge in [-0.25, -0.2) is 9.29 Å². The van der Waals surface area contributed by atoms with Gasteiger partial charge in [0.25, 0.3) is 0 Å². The molecule has 1 aromatic carbocycles. The number of Topliss-reactive ketones (excluding diaryl/α,β-unsaturated/α-hetero) is 2. The average Bonchev–Trinajstić information content (AvgIpc) is 2.72. The molecule has 2 fully saturated rings. The SMILES string of the molecule is CC#Cc1cc(C)c(C2C(=O)CC3(CCN(Sc4cnccn4)CC3)CC2=O)c(C)c1. The first-order valence-electron chi connectivity index (χ1n) is 10.7. The zero-order valence-corrected chi connectivity index (χ0v) is 19.1. The van der Waals surface area contributed by atoms with E-state index in [1.807, 2.05) is 32.9 Å². The first-order chi connectivity index (χ1) is 14.9. The fraction of sp³-hybridized carbons (Fsp3) is 0.440. The molecule has 0 N–H and O–H groups in total. The molecule has 1 spiro atoms. The summed E-state index contributed by atoms with van der Waals surface area (Å²) in [7, 11) is 0. The van der Waals surface area contributed by atoms with E-state index in [-0.39, 0.29) is 17.0 Å². The van der Waals surface area contributed by atoms with Crippen LogP contribution < -0.4 is 0 Å². The summed E-state index contributed by atoms with van der Waals surface area (Å²) in [5.74, 6) is 5.52. The summed E-state index contributed by atoms with van der Waals surface area (Å²) in [5, 5.41) is 0.872. The molecule has 31 heavy (non-hydrogen) atoms. The maximum absolute atomic E-state index is 13.3. The van der Waals surface area contributed by atoms with Crippen molar-refractivity contribution in [2.75, 3.05) is 13.1 Å². The number of hydrogen-bond acceptors (Lipinski definition) is 6. The number of piperidine rings is 1. The summed E-state index contributed by atoms with van der Waals surface area (Å²) >= 11 is 1.60. The van der Waals surface area contributed by atoms with Gasteiger partial charge in [0, 0.05) is 43.9 Å². The monoisotopic (exact) mass is 433 g/mol. The molecule has 6 heteroatoms. The van der Waals surface area contributed by atoms with Crippen molar-refractivity contribution >= 4 is 23.5 Å². The zero-order valence-electron chi connectivity index (χ0n) is 18.3. The van der Waals surface area contributed by atoms with Crippen molar-refractivity contribution in [3.63, 3.8) is 0 Å². The molecule has 0 atom stereocenters. The van der Waals surface area contributed by atoms with Crippen LogP contribution in [0.5, 0.6) is 0 Å². The van der Waals surface area contributed by atoms with Crippen LogP contribution in [0.25, 0.3) is 0 Å². The Hall–Kier alpha value is -2.49. The number of carbonyl (C=O) groups is 2. The van der Waals surface area contributed by atoms with Crippen LogP contribution in [-0.2, 0) is 9.59 Å². The highest BCUT2D eigenvalue weighted by Gasteiger charge is 2.47. The number of carbonyl (C=O) groups excluding carboxylic acids is 2. The fourth-order valence-corrected chi connectivity index (χ4v) is 5.87. The molecule has 0 radical (unpaired) electrons.